The van der Waals surface area contributed by atoms with Crippen LogP contribution in [0.15, 0.2) is 52.5 Å². The van der Waals surface area contributed by atoms with E-state index in [0.29, 0.717) is 21.8 Å². The van der Waals surface area contributed by atoms with Gasteiger partial charge in [-0.15, -0.1) is 22.7 Å². The van der Waals surface area contributed by atoms with E-state index in [1.54, 1.807) is 12.1 Å². The summed E-state index contributed by atoms with van der Waals surface area (Å²) < 4.78 is 24.7. The van der Waals surface area contributed by atoms with E-state index in [1.807, 2.05) is 17.5 Å². The van der Waals surface area contributed by atoms with Gasteiger partial charge in [-0.05, 0) is 41.1 Å². The average molecular weight is 359 g/mol. The lowest BCUT2D eigenvalue weighted by Crippen LogP contribution is -2.03. The standard InChI is InChI=1S/C17H10FNO3S2/c18-11-3-4-13-10(6-11)7-15(24-13)17(20)22-9-12-8-21-16(19-12)14-2-1-5-23-14/h1-8H,9H2. The Morgan fingerprint density at radius 2 is 2.21 bits per heavy atom. The van der Waals surface area contributed by atoms with E-state index in [2.05, 4.69) is 4.98 Å². The van der Waals surface area contributed by atoms with Crippen molar-refractivity contribution in [1.29, 1.82) is 0 Å². The van der Waals surface area contributed by atoms with E-state index in [9.17, 15) is 9.18 Å². The van der Waals surface area contributed by atoms with Crippen molar-refractivity contribution in [3.63, 3.8) is 0 Å². The van der Waals surface area contributed by atoms with E-state index in [1.165, 1.54) is 41.1 Å². The molecule has 4 nitrogen and oxygen atoms in total. The molecule has 0 fully saturated rings. The van der Waals surface area contributed by atoms with Gasteiger partial charge in [0.25, 0.3) is 0 Å². The highest BCUT2D eigenvalue weighted by Gasteiger charge is 2.14. The lowest BCUT2D eigenvalue weighted by atomic mass is 10.2. The van der Waals surface area contributed by atoms with E-state index in [-0.39, 0.29) is 12.4 Å². The molecule has 4 aromatic rings. The third kappa shape index (κ3) is 2.95. The Morgan fingerprint density at radius 3 is 3.04 bits per heavy atom. The minimum atomic E-state index is -0.461. The monoisotopic (exact) mass is 359 g/mol. The first kappa shape index (κ1) is 15.0. The first-order valence-corrected chi connectivity index (χ1v) is 8.73. The molecule has 0 saturated carbocycles. The van der Waals surface area contributed by atoms with Gasteiger partial charge in [-0.25, -0.2) is 14.2 Å². The topological polar surface area (TPSA) is 52.3 Å². The molecule has 0 unspecified atom stereocenters. The van der Waals surface area contributed by atoms with Gasteiger partial charge in [-0.2, -0.15) is 0 Å². The van der Waals surface area contributed by atoms with Crippen LogP contribution >= 0.6 is 22.7 Å². The van der Waals surface area contributed by atoms with Gasteiger partial charge in [0.2, 0.25) is 5.89 Å². The second-order valence-electron chi connectivity index (χ2n) is 4.99. The van der Waals surface area contributed by atoms with Crippen LogP contribution in [0.2, 0.25) is 0 Å². The number of aromatic nitrogens is 1. The zero-order valence-electron chi connectivity index (χ0n) is 12.2. The minimum absolute atomic E-state index is 0.0241. The zero-order chi connectivity index (χ0) is 16.5. The number of fused-ring (bicyclic) bond motifs is 1. The summed E-state index contributed by atoms with van der Waals surface area (Å²) in [7, 11) is 0. The fourth-order valence-corrected chi connectivity index (χ4v) is 3.80. The number of thiophene rings is 2. The minimum Gasteiger partial charge on any atom is -0.455 e. The maximum atomic E-state index is 13.2. The number of ether oxygens (including phenoxy) is 1. The number of oxazole rings is 1. The molecule has 3 aromatic heterocycles. The first-order valence-electron chi connectivity index (χ1n) is 7.03. The second-order valence-corrected chi connectivity index (χ2v) is 7.02. The summed E-state index contributed by atoms with van der Waals surface area (Å²) in [5, 5.41) is 2.62. The van der Waals surface area contributed by atoms with Crippen LogP contribution in [0.5, 0.6) is 0 Å². The Morgan fingerprint density at radius 1 is 1.29 bits per heavy atom. The highest BCUT2D eigenvalue weighted by molar-refractivity contribution is 7.20. The zero-order valence-corrected chi connectivity index (χ0v) is 13.8. The van der Waals surface area contributed by atoms with Crippen LogP contribution in [-0.2, 0) is 11.3 Å². The van der Waals surface area contributed by atoms with Crippen molar-refractivity contribution in [2.45, 2.75) is 6.61 Å². The number of esters is 1. The lowest BCUT2D eigenvalue weighted by molar-refractivity contribution is 0.0473. The molecule has 7 heteroatoms. The van der Waals surface area contributed by atoms with Crippen LogP contribution < -0.4 is 0 Å². The molecular formula is C17H10FNO3S2. The molecular weight excluding hydrogens is 349 g/mol. The molecule has 0 radical (unpaired) electrons. The molecule has 3 heterocycles. The number of hydrogen-bond donors (Lipinski definition) is 0. The second kappa shape index (κ2) is 6.18. The number of nitrogens with zero attached hydrogens (tertiary/aromatic N) is 1. The summed E-state index contributed by atoms with van der Waals surface area (Å²) in [5.41, 5.74) is 0.541. The highest BCUT2D eigenvalue weighted by atomic mass is 32.1. The molecule has 0 aliphatic rings. The maximum absolute atomic E-state index is 13.2. The SMILES string of the molecule is O=C(OCc1coc(-c2cccs2)n1)c1cc2cc(F)ccc2s1. The summed E-state index contributed by atoms with van der Waals surface area (Å²) in [6.45, 7) is 0.0241. The number of carbonyl (C=O) groups is 1. The van der Waals surface area contributed by atoms with Crippen molar-refractivity contribution in [2.24, 2.45) is 0 Å². The van der Waals surface area contributed by atoms with Crippen LogP contribution in [0, 0.1) is 5.82 Å². The summed E-state index contributed by atoms with van der Waals surface area (Å²) in [5.74, 6) is -0.283. The first-order chi connectivity index (χ1) is 11.7. The molecule has 0 N–H and O–H groups in total. The molecule has 0 atom stereocenters. The number of hydrogen-bond acceptors (Lipinski definition) is 6. The molecule has 4 rings (SSSR count). The maximum Gasteiger partial charge on any atom is 0.348 e. The smallest absolute Gasteiger partial charge is 0.348 e. The third-order valence-electron chi connectivity index (χ3n) is 3.31. The summed E-state index contributed by atoms with van der Waals surface area (Å²) in [6, 6.07) is 9.86. The van der Waals surface area contributed by atoms with Gasteiger partial charge in [0.1, 0.15) is 29.3 Å². The number of carbonyl (C=O) groups excluding carboxylic acids is 1. The Balaban J connectivity index is 1.46. The van der Waals surface area contributed by atoms with Gasteiger partial charge in [0.05, 0.1) is 4.88 Å². The van der Waals surface area contributed by atoms with Gasteiger partial charge in [-0.3, -0.25) is 0 Å². The normalized spacial score (nSPS) is 11.0. The summed E-state index contributed by atoms with van der Waals surface area (Å²) >= 11 is 2.79. The van der Waals surface area contributed by atoms with Crippen molar-refractivity contribution < 1.29 is 18.3 Å². The number of rotatable bonds is 4. The molecule has 120 valence electrons. The largest absolute Gasteiger partial charge is 0.455 e. The van der Waals surface area contributed by atoms with Crippen LogP contribution in [0.4, 0.5) is 4.39 Å². The Labute approximate surface area is 144 Å². The van der Waals surface area contributed by atoms with Gasteiger partial charge in [0, 0.05) is 4.70 Å². The molecule has 0 spiro atoms. The highest BCUT2D eigenvalue weighted by Crippen LogP contribution is 2.27. The van der Waals surface area contributed by atoms with Crippen LogP contribution in [0.1, 0.15) is 15.4 Å². The van der Waals surface area contributed by atoms with E-state index >= 15 is 0 Å². The average Bonchev–Trinajstić information content (AvgIpc) is 3.30. The number of halogens is 1. The van der Waals surface area contributed by atoms with Gasteiger partial charge in [-0.1, -0.05) is 6.07 Å². The predicted octanol–water partition coefficient (Wildman–Crippen LogP) is 5.11. The molecule has 0 aliphatic carbocycles. The van der Waals surface area contributed by atoms with Crippen molar-refractivity contribution in [3.05, 3.63) is 64.4 Å². The van der Waals surface area contributed by atoms with E-state index in [0.717, 1.165) is 9.58 Å². The van der Waals surface area contributed by atoms with Crippen LogP contribution in [0.25, 0.3) is 20.9 Å². The quantitative estimate of drug-likeness (QED) is 0.475. The Bertz CT molecular complexity index is 1000. The van der Waals surface area contributed by atoms with Crippen LogP contribution in [0.3, 0.4) is 0 Å². The molecule has 0 amide bonds. The Hall–Kier alpha value is -2.51. The molecule has 0 bridgehead atoms. The van der Waals surface area contributed by atoms with Gasteiger partial charge in [0.15, 0.2) is 0 Å². The molecule has 1 aromatic carbocycles. The van der Waals surface area contributed by atoms with Crippen molar-refractivity contribution >= 4 is 38.7 Å². The fourth-order valence-electron chi connectivity index (χ4n) is 2.21. The van der Waals surface area contributed by atoms with E-state index < -0.39 is 5.97 Å². The van der Waals surface area contributed by atoms with Crippen LogP contribution in [-0.4, -0.2) is 11.0 Å². The fraction of sp³-hybridized carbons (Fsp3) is 0.0588. The van der Waals surface area contributed by atoms with Crippen molar-refractivity contribution in [2.75, 3.05) is 0 Å². The molecule has 24 heavy (non-hydrogen) atoms. The van der Waals surface area contributed by atoms with Crippen molar-refractivity contribution in [1.82, 2.24) is 4.98 Å². The Kier molecular flexibility index (Phi) is 3.87. The predicted molar refractivity (Wildman–Crippen MR) is 90.7 cm³/mol. The summed E-state index contributed by atoms with van der Waals surface area (Å²) in [6.07, 6.45) is 1.47. The summed E-state index contributed by atoms with van der Waals surface area (Å²) in [4.78, 5) is 17.8. The molecule has 0 saturated heterocycles. The molecule has 0 aliphatic heterocycles. The van der Waals surface area contributed by atoms with Gasteiger partial charge < -0.3 is 9.15 Å². The van der Waals surface area contributed by atoms with E-state index in [4.69, 9.17) is 9.15 Å². The van der Waals surface area contributed by atoms with Gasteiger partial charge >= 0.3 is 5.97 Å². The lowest BCUT2D eigenvalue weighted by Gasteiger charge is -1.99. The van der Waals surface area contributed by atoms with Crippen molar-refractivity contribution in [3.8, 4) is 10.8 Å². The third-order valence-corrected chi connectivity index (χ3v) is 5.27. The number of benzene rings is 1.